The Kier molecular flexibility index (Phi) is 51.4. The third-order valence-electron chi connectivity index (χ3n) is 9.08. The van der Waals surface area contributed by atoms with E-state index in [9.17, 15) is 0 Å². The molecule has 450 valence electrons. The van der Waals surface area contributed by atoms with Gasteiger partial charge in [0.25, 0.3) is 0 Å². The molecule has 0 spiro atoms. The molecule has 0 bridgehead atoms. The van der Waals surface area contributed by atoms with Crippen molar-refractivity contribution >= 4 is 105 Å². The Bertz CT molecular complexity index is 2760. The summed E-state index contributed by atoms with van der Waals surface area (Å²) in [6.07, 6.45) is 10.6. The number of rotatable bonds is 8. The summed E-state index contributed by atoms with van der Waals surface area (Å²) in [6.45, 7) is 4.73. The first-order valence-electron chi connectivity index (χ1n) is 23.3. The average molecular weight is 1570 g/mol. The SMILES string of the molecule is C.C.COc1cccc(-c2cccc(C)n2)n1.COc1cccc(-c2cccc(C)n2)n1.[2H]C[B]P(Cl)Cl.[Br][Ni][Br].[Cl][Co][Cl].[Cl][Co][Cl].[Co].c1ccc(-c2ccccn2)nc1.c1ccc(-c2ccccn2)nc1.c1ccc(-c2ccccn2)nc1. The molecule has 10 rings (SSSR count). The Morgan fingerprint density at radius 3 is 0.795 bits per heavy atom. The van der Waals surface area contributed by atoms with E-state index in [0.29, 0.717) is 37.5 Å². The molecule has 0 aliphatic heterocycles. The van der Waals surface area contributed by atoms with E-state index in [-0.39, 0.29) is 38.4 Å². The molecule has 10 heterocycles. The zero-order chi connectivity index (χ0) is 59.1. The molecule has 0 aliphatic rings. The Morgan fingerprint density at radius 1 is 0.410 bits per heavy atom. The molecule has 0 N–H and O–H groups in total. The summed E-state index contributed by atoms with van der Waals surface area (Å²) in [5.41, 5.74) is 10.9. The Hall–Kier alpha value is -3.69. The summed E-state index contributed by atoms with van der Waals surface area (Å²) in [5, 5.41) is 0. The van der Waals surface area contributed by atoms with Gasteiger partial charge in [0, 0.05) is 85.4 Å². The van der Waals surface area contributed by atoms with Crippen LogP contribution in [0.2, 0.25) is 6.80 Å². The number of methoxy groups -OCH3 is 2. The summed E-state index contributed by atoms with van der Waals surface area (Å²) < 4.78 is 16.7. The van der Waals surface area contributed by atoms with Crippen LogP contribution >= 0.6 is 98.0 Å². The van der Waals surface area contributed by atoms with Gasteiger partial charge in [0.1, 0.15) is 0 Å². The summed E-state index contributed by atoms with van der Waals surface area (Å²) in [4.78, 5) is 42.6. The second-order valence-electron chi connectivity index (χ2n) is 14.3. The number of pyridine rings is 10. The molecule has 0 saturated heterocycles. The van der Waals surface area contributed by atoms with E-state index in [1.54, 1.807) is 58.4 Å². The molecule has 10 aromatic rings. The molecule has 0 saturated carbocycles. The van der Waals surface area contributed by atoms with Crippen LogP contribution in [0.25, 0.3) is 56.9 Å². The van der Waals surface area contributed by atoms with Crippen molar-refractivity contribution in [2.45, 2.75) is 35.5 Å². The number of hydrogen-bond acceptors (Lipinski definition) is 12. The zero-order valence-electron chi connectivity index (χ0n) is 44.1. The maximum Gasteiger partial charge on any atom is 0.0886 e. The van der Waals surface area contributed by atoms with Crippen LogP contribution in [0.15, 0.2) is 219 Å². The molecule has 26 heteroatoms. The Morgan fingerprint density at radius 2 is 0.627 bits per heavy atom. The van der Waals surface area contributed by atoms with Crippen molar-refractivity contribution in [3.8, 4) is 68.7 Å². The molecule has 2 radical (unpaired) electrons. The molecule has 12 nitrogen and oxygen atoms in total. The van der Waals surface area contributed by atoms with Crippen LogP contribution in [0.5, 0.6) is 11.8 Å². The minimum atomic E-state index is -0.969. The molecule has 0 unspecified atom stereocenters. The molecule has 0 aliphatic carbocycles. The monoisotopic (exact) mass is 1560 g/mol. The van der Waals surface area contributed by atoms with Crippen LogP contribution in [-0.2, 0) is 53.5 Å². The summed E-state index contributed by atoms with van der Waals surface area (Å²) in [7, 11) is 23.4. The summed E-state index contributed by atoms with van der Waals surface area (Å²) in [6, 6.07) is 57.8. The third kappa shape index (κ3) is 37.5. The number of ether oxygens (including phenoxy) is 2. The topological polar surface area (TPSA) is 147 Å². The fraction of sp³-hybridized carbons (Fsp3) is 0.123. The average Bonchev–Trinajstić information content (AvgIpc) is 3.64. The Labute approximate surface area is 562 Å². The Balaban J connectivity index is 0. The number of aryl methyl sites for hydroxylation is 2. The molecular weight excluding hydrogens is 1510 g/mol. The molecule has 83 heavy (non-hydrogen) atoms. The quantitative estimate of drug-likeness (QED) is 0.105. The van der Waals surface area contributed by atoms with Crippen LogP contribution in [-0.4, -0.2) is 71.1 Å². The predicted molar refractivity (Wildman–Crippen MR) is 345 cm³/mol. The maximum absolute atomic E-state index is 6.52. The van der Waals surface area contributed by atoms with E-state index in [0.717, 1.165) is 68.3 Å². The van der Waals surface area contributed by atoms with Gasteiger partial charge in [-0.2, -0.15) is 0 Å². The first kappa shape index (κ1) is 79.3. The van der Waals surface area contributed by atoms with Gasteiger partial charge in [-0.25, -0.2) is 9.97 Å². The standard InChI is InChI=1S/2C12H12N2O.3C10H8N2.CH3BCl2P.2CH4.2BrH.4ClH.3Co.Ni/c2*1-9-5-3-6-10(13-9)11-7-4-8-12(14-11)15-2;3*1-3-7-11-9(5-1)10-6-2-4-8-12-10;1-2-5(3)4;;;;;;;;;;;;/h2*3-8H,1-2H3;3*1-8H;1H3;2*1H4;6*1H;;;;/q;;;;;;;;;;;;;;;3*+2/p-6/i;;;;;1D;;;;;;;;;;;;. The maximum atomic E-state index is 6.52. The van der Waals surface area contributed by atoms with Crippen LogP contribution in [0, 0.1) is 13.8 Å². The number of halogens is 8. The van der Waals surface area contributed by atoms with Crippen molar-refractivity contribution in [1.82, 2.24) is 49.8 Å². The van der Waals surface area contributed by atoms with Crippen LogP contribution < -0.4 is 9.47 Å². The predicted octanol–water partition coefficient (Wildman–Crippen LogP) is 19.5. The van der Waals surface area contributed by atoms with Gasteiger partial charge in [-0.1, -0.05) is 105 Å². The van der Waals surface area contributed by atoms with Gasteiger partial charge in [-0.15, -0.1) is 0 Å². The number of nitrogens with zero attached hydrogens (tertiary/aromatic N) is 10. The third-order valence-corrected chi connectivity index (χ3v) is 10.2. The van der Waals surface area contributed by atoms with E-state index in [1.807, 2.05) is 196 Å². The van der Waals surface area contributed by atoms with Gasteiger partial charge < -0.3 is 9.47 Å². The summed E-state index contributed by atoms with van der Waals surface area (Å²) >= 11 is 17.2. The second-order valence-corrected chi connectivity index (χ2v) is 26.3. The van der Waals surface area contributed by atoms with E-state index < -0.39 is 6.51 Å². The molecule has 0 aromatic carbocycles. The van der Waals surface area contributed by atoms with Crippen molar-refractivity contribution < 1.29 is 64.3 Å². The van der Waals surface area contributed by atoms with E-state index in [2.05, 4.69) is 78.3 Å². The second kappa shape index (κ2) is 53.8. The molecule has 0 fully saturated rings. The number of hydrogen-bond donors (Lipinski definition) is 0. The van der Waals surface area contributed by atoms with Crippen molar-refractivity contribution in [3.63, 3.8) is 0 Å². The minimum absolute atomic E-state index is 0. The largest absolute Gasteiger partial charge is 0.255 e. The zero-order valence-corrected chi connectivity index (χ0v) is 55.9. The fourth-order valence-electron chi connectivity index (χ4n) is 5.80. The van der Waals surface area contributed by atoms with E-state index >= 15 is 0 Å². The van der Waals surface area contributed by atoms with E-state index in [1.165, 1.54) is 10.9 Å². The van der Waals surface area contributed by atoms with Crippen LogP contribution in [0.4, 0.5) is 0 Å². The minimum Gasteiger partial charge on any atom is -0.255 e. The van der Waals surface area contributed by atoms with Gasteiger partial charge in [0.2, 0.25) is 11.8 Å². The molecule has 0 atom stereocenters. The van der Waals surface area contributed by atoms with Gasteiger partial charge in [-0.3, -0.25) is 39.9 Å². The van der Waals surface area contributed by atoms with Crippen molar-refractivity contribution in [2.75, 3.05) is 14.2 Å². The van der Waals surface area contributed by atoms with E-state index in [4.69, 9.17) is 73.9 Å². The van der Waals surface area contributed by atoms with Gasteiger partial charge in [0.15, 0.2) is 7.00 Å². The molecular formula is C57H59BBr2Cl6Co3N10NiO2P. The molecule has 10 aromatic heterocycles. The fourth-order valence-corrected chi connectivity index (χ4v) is 5.80. The van der Waals surface area contributed by atoms with Gasteiger partial charge in [0.05, 0.1) is 71.2 Å². The van der Waals surface area contributed by atoms with Crippen molar-refractivity contribution in [2.24, 2.45) is 0 Å². The number of aromatic nitrogens is 10. The van der Waals surface area contributed by atoms with Crippen molar-refractivity contribution in [3.05, 3.63) is 231 Å². The van der Waals surface area contributed by atoms with Crippen molar-refractivity contribution in [1.29, 1.82) is 0 Å². The van der Waals surface area contributed by atoms with Crippen LogP contribution in [0.1, 0.15) is 27.6 Å². The van der Waals surface area contributed by atoms with Crippen LogP contribution in [0.3, 0.4) is 0 Å². The smallest absolute Gasteiger partial charge is 0.0886 e. The normalized spacial score (nSPS) is 9.29. The molecule has 0 amide bonds. The first-order chi connectivity index (χ1) is 39.5. The van der Waals surface area contributed by atoms with Gasteiger partial charge in [-0.05, 0) is 123 Å². The summed E-state index contributed by atoms with van der Waals surface area (Å²) in [5.74, 6) is 1.21. The first-order valence-corrected chi connectivity index (χ1v) is 36.4. The van der Waals surface area contributed by atoms with Gasteiger partial charge >= 0.3 is 106 Å².